The van der Waals surface area contributed by atoms with Crippen LogP contribution in [0, 0.1) is 12.3 Å². The predicted molar refractivity (Wildman–Crippen MR) is 66.4 cm³/mol. The van der Waals surface area contributed by atoms with Crippen molar-refractivity contribution in [3.05, 3.63) is 29.8 Å². The molecule has 1 aromatic carbocycles. The third-order valence-corrected chi connectivity index (χ3v) is 3.34. The molecule has 4 heteroatoms. The highest BCUT2D eigenvalue weighted by Crippen LogP contribution is 2.47. The van der Waals surface area contributed by atoms with Crippen molar-refractivity contribution in [3.63, 3.8) is 0 Å². The lowest BCUT2D eigenvalue weighted by Crippen LogP contribution is -2.30. The van der Waals surface area contributed by atoms with E-state index in [-0.39, 0.29) is 5.91 Å². The number of nitrogens with one attached hydrogen (secondary N) is 1. The number of carbonyl (C=O) groups excluding carboxylic acids is 1. The van der Waals surface area contributed by atoms with Crippen LogP contribution in [0.2, 0.25) is 0 Å². The molecule has 1 aliphatic carbocycles. The van der Waals surface area contributed by atoms with Crippen molar-refractivity contribution in [2.45, 2.75) is 26.7 Å². The van der Waals surface area contributed by atoms with Crippen LogP contribution in [0.4, 0.5) is 5.69 Å². The zero-order valence-corrected chi connectivity index (χ0v) is 10.0. The highest BCUT2D eigenvalue weighted by Gasteiger charge is 2.52. The molecule has 0 atom stereocenters. The molecule has 1 aliphatic rings. The van der Waals surface area contributed by atoms with Gasteiger partial charge in [0.15, 0.2) is 0 Å². The monoisotopic (exact) mass is 232 g/mol. The Balaban J connectivity index is 2.10. The molecule has 2 rings (SSSR count). The Kier molecular flexibility index (Phi) is 2.88. The summed E-state index contributed by atoms with van der Waals surface area (Å²) in [5.41, 5.74) is 1.83. The predicted octanol–water partition coefficient (Wildman–Crippen LogP) is 2.56. The Labute approximate surface area is 100 Å². The summed E-state index contributed by atoms with van der Waals surface area (Å²) in [6.45, 7) is 3.68. The Bertz CT molecular complexity index is 459. The molecule has 0 radical (unpaired) electrons. The summed E-state index contributed by atoms with van der Waals surface area (Å²) >= 11 is 0. The second-order valence-electron chi connectivity index (χ2n) is 4.59. The standard InChI is InChI=1S/C13H16N2O2/c1-9-3-5-11(6-4-9)14-12(16)13(7-8-13)10(2)15-17/h3-6,17H,7-8H2,1-2H3,(H,14,16)/b15-10+. The molecule has 0 heterocycles. The normalized spacial score (nSPS) is 17.6. The first-order valence-corrected chi connectivity index (χ1v) is 5.66. The first-order valence-electron chi connectivity index (χ1n) is 5.66. The maximum Gasteiger partial charge on any atom is 0.236 e. The van der Waals surface area contributed by atoms with E-state index in [1.54, 1.807) is 6.92 Å². The average molecular weight is 232 g/mol. The zero-order valence-electron chi connectivity index (χ0n) is 10.0. The van der Waals surface area contributed by atoms with Crippen LogP contribution in [0.25, 0.3) is 0 Å². The zero-order chi connectivity index (χ0) is 12.5. The molecule has 0 aromatic heterocycles. The Hall–Kier alpha value is -1.84. The van der Waals surface area contributed by atoms with Gasteiger partial charge in [0.25, 0.3) is 0 Å². The fourth-order valence-electron chi connectivity index (χ4n) is 1.86. The van der Waals surface area contributed by atoms with Crippen molar-refractivity contribution >= 4 is 17.3 Å². The number of aryl methyl sites for hydroxylation is 1. The summed E-state index contributed by atoms with van der Waals surface area (Å²) in [7, 11) is 0. The number of hydrogen-bond acceptors (Lipinski definition) is 3. The molecular weight excluding hydrogens is 216 g/mol. The molecular formula is C13H16N2O2. The summed E-state index contributed by atoms with van der Waals surface area (Å²) in [6.07, 6.45) is 1.50. The van der Waals surface area contributed by atoms with Crippen LogP contribution in [0.5, 0.6) is 0 Å². The van der Waals surface area contributed by atoms with Crippen molar-refractivity contribution in [1.82, 2.24) is 0 Å². The van der Waals surface area contributed by atoms with Gasteiger partial charge in [0, 0.05) is 5.69 Å². The summed E-state index contributed by atoms with van der Waals surface area (Å²) < 4.78 is 0. The second kappa shape index (κ2) is 4.20. The van der Waals surface area contributed by atoms with E-state index in [4.69, 9.17) is 5.21 Å². The van der Waals surface area contributed by atoms with Crippen molar-refractivity contribution < 1.29 is 10.0 Å². The molecule has 1 fully saturated rings. The molecule has 0 unspecified atom stereocenters. The fourth-order valence-corrected chi connectivity index (χ4v) is 1.86. The van der Waals surface area contributed by atoms with Gasteiger partial charge in [0.2, 0.25) is 5.91 Å². The molecule has 0 saturated heterocycles. The van der Waals surface area contributed by atoms with Crippen LogP contribution in [-0.2, 0) is 4.79 Å². The van der Waals surface area contributed by atoms with Gasteiger partial charge in [-0.25, -0.2) is 0 Å². The molecule has 0 spiro atoms. The minimum Gasteiger partial charge on any atom is -0.411 e. The van der Waals surface area contributed by atoms with Gasteiger partial charge in [-0.3, -0.25) is 4.79 Å². The topological polar surface area (TPSA) is 61.7 Å². The molecule has 0 aliphatic heterocycles. The average Bonchev–Trinajstić information content (AvgIpc) is 3.12. The van der Waals surface area contributed by atoms with Crippen LogP contribution < -0.4 is 5.32 Å². The quantitative estimate of drug-likeness (QED) is 0.478. The fraction of sp³-hybridized carbons (Fsp3) is 0.385. The smallest absolute Gasteiger partial charge is 0.236 e. The van der Waals surface area contributed by atoms with Crippen molar-refractivity contribution in [3.8, 4) is 0 Å². The maximum atomic E-state index is 12.1. The van der Waals surface area contributed by atoms with Crippen LogP contribution in [0.15, 0.2) is 29.4 Å². The summed E-state index contributed by atoms with van der Waals surface area (Å²) in [4.78, 5) is 12.1. The number of hydrogen-bond donors (Lipinski definition) is 2. The third-order valence-electron chi connectivity index (χ3n) is 3.34. The lowest BCUT2D eigenvalue weighted by atomic mass is 10.0. The van der Waals surface area contributed by atoms with E-state index in [1.165, 1.54) is 0 Å². The van der Waals surface area contributed by atoms with Crippen LogP contribution in [0.3, 0.4) is 0 Å². The highest BCUT2D eigenvalue weighted by molar-refractivity contribution is 6.14. The number of oxime groups is 1. The summed E-state index contributed by atoms with van der Waals surface area (Å²) in [5, 5.41) is 14.8. The van der Waals surface area contributed by atoms with Crippen LogP contribution in [-0.4, -0.2) is 16.8 Å². The van der Waals surface area contributed by atoms with Gasteiger partial charge in [0.05, 0.1) is 11.1 Å². The Morgan fingerprint density at radius 3 is 2.41 bits per heavy atom. The lowest BCUT2D eigenvalue weighted by molar-refractivity contribution is -0.119. The molecule has 1 amide bonds. The van der Waals surface area contributed by atoms with E-state index < -0.39 is 5.41 Å². The number of carbonyl (C=O) groups is 1. The van der Waals surface area contributed by atoms with Crippen molar-refractivity contribution in [2.24, 2.45) is 10.6 Å². The number of benzene rings is 1. The van der Waals surface area contributed by atoms with Gasteiger partial charge < -0.3 is 10.5 Å². The minimum atomic E-state index is -0.584. The Morgan fingerprint density at radius 2 is 1.94 bits per heavy atom. The third kappa shape index (κ3) is 2.16. The van der Waals surface area contributed by atoms with Gasteiger partial charge in [0.1, 0.15) is 0 Å². The lowest BCUT2D eigenvalue weighted by Gasteiger charge is -2.14. The second-order valence-corrected chi connectivity index (χ2v) is 4.59. The van der Waals surface area contributed by atoms with Crippen molar-refractivity contribution in [1.29, 1.82) is 0 Å². The van der Waals surface area contributed by atoms with E-state index >= 15 is 0 Å². The minimum absolute atomic E-state index is 0.0864. The van der Waals surface area contributed by atoms with E-state index in [2.05, 4.69) is 10.5 Å². The van der Waals surface area contributed by atoms with E-state index in [9.17, 15) is 4.79 Å². The molecule has 2 N–H and O–H groups in total. The van der Waals surface area contributed by atoms with Gasteiger partial charge in [-0.1, -0.05) is 22.9 Å². The highest BCUT2D eigenvalue weighted by atomic mass is 16.4. The van der Waals surface area contributed by atoms with Gasteiger partial charge in [-0.05, 0) is 38.8 Å². The number of rotatable bonds is 3. The number of amides is 1. The summed E-state index contributed by atoms with van der Waals surface area (Å²) in [5.74, 6) is -0.0864. The van der Waals surface area contributed by atoms with Crippen molar-refractivity contribution in [2.75, 3.05) is 5.32 Å². The molecule has 4 nitrogen and oxygen atoms in total. The summed E-state index contributed by atoms with van der Waals surface area (Å²) in [6, 6.07) is 7.63. The maximum absolute atomic E-state index is 12.1. The number of nitrogens with zero attached hydrogens (tertiary/aromatic N) is 1. The van der Waals surface area contributed by atoms with Gasteiger partial charge in [-0.15, -0.1) is 0 Å². The molecule has 1 saturated carbocycles. The van der Waals surface area contributed by atoms with E-state index in [0.29, 0.717) is 5.71 Å². The largest absolute Gasteiger partial charge is 0.411 e. The molecule has 90 valence electrons. The Morgan fingerprint density at radius 1 is 1.35 bits per heavy atom. The first kappa shape index (κ1) is 11.6. The first-order chi connectivity index (χ1) is 8.08. The number of anilines is 1. The molecule has 1 aromatic rings. The molecule has 0 bridgehead atoms. The van der Waals surface area contributed by atoms with Gasteiger partial charge in [-0.2, -0.15) is 0 Å². The SMILES string of the molecule is C/C(=N\O)C1(C(=O)Nc2ccc(C)cc2)CC1. The van der Waals surface area contributed by atoms with Crippen LogP contribution in [0.1, 0.15) is 25.3 Å². The van der Waals surface area contributed by atoms with E-state index in [0.717, 1.165) is 24.1 Å². The van der Waals surface area contributed by atoms with E-state index in [1.807, 2.05) is 31.2 Å². The van der Waals surface area contributed by atoms with Crippen LogP contribution >= 0.6 is 0 Å². The van der Waals surface area contributed by atoms with Gasteiger partial charge >= 0.3 is 0 Å². The molecule has 17 heavy (non-hydrogen) atoms.